The molecule has 1 aromatic rings. The van der Waals surface area contributed by atoms with Gasteiger partial charge in [0.05, 0.1) is 17.6 Å². The number of hydrogen-bond donors (Lipinski definition) is 2. The Hall–Kier alpha value is -3.87. The van der Waals surface area contributed by atoms with Crippen molar-refractivity contribution in [3.8, 4) is 11.8 Å². The van der Waals surface area contributed by atoms with Crippen LogP contribution in [0.5, 0.6) is 5.75 Å². The summed E-state index contributed by atoms with van der Waals surface area (Å²) in [5.74, 6) is -3.33. The maximum absolute atomic E-state index is 15.2. The summed E-state index contributed by atoms with van der Waals surface area (Å²) in [4.78, 5) is 61.1. The fourth-order valence-electron chi connectivity index (χ4n) is 8.07. The molecule has 5 aliphatic rings. The van der Waals surface area contributed by atoms with E-state index in [9.17, 15) is 37.6 Å². The van der Waals surface area contributed by atoms with E-state index in [-0.39, 0.29) is 54.4 Å². The molecule has 0 unspecified atom stereocenters. The van der Waals surface area contributed by atoms with Crippen molar-refractivity contribution < 1.29 is 46.2 Å². The van der Waals surface area contributed by atoms with Crippen LogP contribution in [0.4, 0.5) is 28.2 Å². The van der Waals surface area contributed by atoms with Gasteiger partial charge in [-0.15, -0.1) is 0 Å². The molecule has 2 aliphatic carbocycles. The number of fused-ring (bicyclic) bond motifs is 6. The van der Waals surface area contributed by atoms with Crippen LogP contribution in [0.15, 0.2) is 12.3 Å². The Labute approximate surface area is 272 Å². The van der Waals surface area contributed by atoms with Crippen molar-refractivity contribution in [3.63, 3.8) is 0 Å². The van der Waals surface area contributed by atoms with Gasteiger partial charge < -0.3 is 29.9 Å². The van der Waals surface area contributed by atoms with E-state index < -0.39 is 83.7 Å². The molecule has 12 nitrogen and oxygen atoms in total. The van der Waals surface area contributed by atoms with E-state index >= 15 is 4.39 Å². The average Bonchev–Trinajstić information content (AvgIpc) is 3.73. The fourth-order valence-corrected chi connectivity index (χ4v) is 8.22. The summed E-state index contributed by atoms with van der Waals surface area (Å²) in [7, 11) is 0. The third kappa shape index (κ3) is 5.80. The van der Waals surface area contributed by atoms with Crippen LogP contribution in [-0.4, -0.2) is 94.4 Å². The number of rotatable bonds is 4. The predicted octanol–water partition coefficient (Wildman–Crippen LogP) is 3.45. The zero-order chi connectivity index (χ0) is 34.2. The van der Waals surface area contributed by atoms with Crippen LogP contribution in [0.1, 0.15) is 40.0 Å². The minimum atomic E-state index is -4.79. The first-order valence-corrected chi connectivity index (χ1v) is 15.6. The molecule has 6 rings (SSSR count). The van der Waals surface area contributed by atoms with E-state index in [2.05, 4.69) is 26.4 Å². The predicted molar refractivity (Wildman–Crippen MR) is 154 cm³/mol. The number of alkyl halides is 4. The first-order chi connectivity index (χ1) is 21.9. The zero-order valence-corrected chi connectivity index (χ0v) is 26.4. The Balaban J connectivity index is 1.31. The number of nitrogens with one attached hydrogen (secondary N) is 2. The van der Waals surface area contributed by atoms with E-state index in [1.54, 1.807) is 20.8 Å². The monoisotopic (exact) mass is 684 g/mol. The van der Waals surface area contributed by atoms with Gasteiger partial charge in [0.1, 0.15) is 24.3 Å². The van der Waals surface area contributed by atoms with Gasteiger partial charge in [0, 0.05) is 25.2 Å². The molecule has 0 radical (unpaired) electrons. The molecule has 4 amide bonds. The van der Waals surface area contributed by atoms with Crippen molar-refractivity contribution in [2.24, 2.45) is 29.1 Å². The third-order valence-corrected chi connectivity index (χ3v) is 10.3. The van der Waals surface area contributed by atoms with Crippen LogP contribution in [0.25, 0.3) is 0 Å². The molecule has 2 saturated carbocycles. The number of carbonyl (C=O) groups is 4. The summed E-state index contributed by atoms with van der Waals surface area (Å²) in [6.07, 6.45) is -5.57. The standard InChI is InChI=1S/C30H33ClF4N6O6/c1-28(2,3)22(38-27(45)46-12-30(33,34)35)25(43)40-10-17-13-4-16(18(32)5-13)20(17)21(40)24(42)41-11-29(7-15(41)8-36)26(44)39-23-19(47-29)6-14(31)9-37-23/h6,9,13,15-18,20-22H,4-5,7,10-12H2,1-3H3,(H,38,45)(H,37,39,44)/t13-,15-,16+,17+,18+,20-,21-,22+,29+/m0/s1. The molecule has 2 bridgehead atoms. The lowest BCUT2D eigenvalue weighted by molar-refractivity contribution is -0.161. The molecule has 9 atom stereocenters. The van der Waals surface area contributed by atoms with Crippen molar-refractivity contribution >= 4 is 41.2 Å². The van der Waals surface area contributed by atoms with Crippen LogP contribution in [0, 0.1) is 40.4 Å². The lowest BCUT2D eigenvalue weighted by Crippen LogP contribution is -2.60. The first-order valence-electron chi connectivity index (χ1n) is 15.2. The van der Waals surface area contributed by atoms with Gasteiger partial charge in [0.15, 0.2) is 18.2 Å². The Morgan fingerprint density at radius 3 is 2.64 bits per heavy atom. The van der Waals surface area contributed by atoms with Gasteiger partial charge in [0.25, 0.3) is 5.91 Å². The van der Waals surface area contributed by atoms with Gasteiger partial charge in [0.2, 0.25) is 17.4 Å². The number of ether oxygens (including phenoxy) is 2. The number of aromatic nitrogens is 1. The molecule has 1 aromatic heterocycles. The summed E-state index contributed by atoms with van der Waals surface area (Å²) < 4.78 is 63.7. The van der Waals surface area contributed by atoms with E-state index in [1.807, 2.05) is 0 Å². The second kappa shape index (κ2) is 11.4. The summed E-state index contributed by atoms with van der Waals surface area (Å²) in [6.45, 7) is 2.57. The topological polar surface area (TPSA) is 154 Å². The number of anilines is 1. The molecule has 4 fully saturated rings. The molecule has 0 aromatic carbocycles. The van der Waals surface area contributed by atoms with E-state index in [0.717, 1.165) is 0 Å². The number of hydrogen-bond acceptors (Lipinski definition) is 8. The number of pyridine rings is 1. The molecular formula is C30H33ClF4N6O6. The molecule has 2 N–H and O–H groups in total. The van der Waals surface area contributed by atoms with E-state index in [4.69, 9.17) is 16.3 Å². The summed E-state index contributed by atoms with van der Waals surface area (Å²) >= 11 is 6.07. The maximum atomic E-state index is 15.2. The number of nitriles is 1. The number of nitrogens with zero attached hydrogens (tertiary/aromatic N) is 4. The molecule has 254 valence electrons. The lowest BCUT2D eigenvalue weighted by atomic mass is 9.77. The first kappa shape index (κ1) is 33.0. The summed E-state index contributed by atoms with van der Waals surface area (Å²) in [6, 6.07) is -0.355. The normalized spacial score (nSPS) is 33.1. The number of alkyl carbamates (subject to hydrolysis) is 1. The molecule has 47 heavy (non-hydrogen) atoms. The molecule has 3 aliphatic heterocycles. The molecule has 4 heterocycles. The Morgan fingerprint density at radius 1 is 1.26 bits per heavy atom. The second-order valence-electron chi connectivity index (χ2n) is 14.1. The minimum Gasteiger partial charge on any atom is -0.471 e. The largest absolute Gasteiger partial charge is 0.471 e. The van der Waals surface area contributed by atoms with Gasteiger partial charge in [-0.1, -0.05) is 32.4 Å². The van der Waals surface area contributed by atoms with Gasteiger partial charge in [-0.25, -0.2) is 14.2 Å². The Kier molecular flexibility index (Phi) is 8.00. The number of halogens is 5. The molecule has 1 spiro atoms. The van der Waals surface area contributed by atoms with Gasteiger partial charge >= 0.3 is 12.3 Å². The van der Waals surface area contributed by atoms with Crippen molar-refractivity contribution in [1.29, 1.82) is 5.26 Å². The highest BCUT2D eigenvalue weighted by atomic mass is 35.5. The van der Waals surface area contributed by atoms with Crippen LogP contribution in [-0.2, 0) is 19.1 Å². The van der Waals surface area contributed by atoms with Crippen molar-refractivity contribution in [3.05, 3.63) is 17.3 Å². The highest BCUT2D eigenvalue weighted by molar-refractivity contribution is 6.30. The molecular weight excluding hydrogens is 652 g/mol. The van der Waals surface area contributed by atoms with Crippen LogP contribution in [0.2, 0.25) is 5.02 Å². The third-order valence-electron chi connectivity index (χ3n) is 10.1. The highest BCUT2D eigenvalue weighted by Gasteiger charge is 2.65. The van der Waals surface area contributed by atoms with Crippen LogP contribution < -0.4 is 15.4 Å². The average molecular weight is 685 g/mol. The lowest BCUT2D eigenvalue weighted by Gasteiger charge is -2.38. The van der Waals surface area contributed by atoms with Crippen molar-refractivity contribution in [1.82, 2.24) is 20.1 Å². The van der Waals surface area contributed by atoms with Crippen LogP contribution in [0.3, 0.4) is 0 Å². The van der Waals surface area contributed by atoms with Gasteiger partial charge in [-0.3, -0.25) is 14.4 Å². The second-order valence-corrected chi connectivity index (χ2v) is 14.5. The summed E-state index contributed by atoms with van der Waals surface area (Å²) in [5.41, 5.74) is -2.73. The van der Waals surface area contributed by atoms with Gasteiger partial charge in [-0.2, -0.15) is 18.4 Å². The molecule has 17 heteroatoms. The zero-order valence-electron chi connectivity index (χ0n) is 25.6. The van der Waals surface area contributed by atoms with E-state index in [0.29, 0.717) is 6.42 Å². The van der Waals surface area contributed by atoms with Crippen molar-refractivity contribution in [2.75, 3.05) is 25.0 Å². The van der Waals surface area contributed by atoms with Gasteiger partial charge in [-0.05, 0) is 41.9 Å². The van der Waals surface area contributed by atoms with Crippen LogP contribution >= 0.6 is 11.6 Å². The molecule has 2 saturated heterocycles. The minimum absolute atomic E-state index is 0.0460. The Morgan fingerprint density at radius 2 is 1.98 bits per heavy atom. The number of carbonyl (C=O) groups excluding carboxylic acids is 4. The number of amides is 4. The smallest absolute Gasteiger partial charge is 0.422 e. The fraction of sp³-hybridized carbons (Fsp3) is 0.667. The van der Waals surface area contributed by atoms with Crippen molar-refractivity contribution in [2.45, 2.75) is 76.1 Å². The highest BCUT2D eigenvalue weighted by Crippen LogP contribution is 2.59. The number of likely N-dealkylation sites (tertiary alicyclic amines) is 2. The summed E-state index contributed by atoms with van der Waals surface area (Å²) in [5, 5.41) is 15.2. The SMILES string of the molecule is CC(C)(C)[C@H](NC(=O)OCC(F)(F)F)C(=O)N1C[C@@H]2[C@H]3C[C@@H]([C@@H]2[C@H]1C(=O)N1C[C@@]2(C[C@H]1C#N)Oc1cc(Cl)cnc1NC2=O)[C@H](F)C3. The van der Waals surface area contributed by atoms with E-state index in [1.165, 1.54) is 22.1 Å². The maximum Gasteiger partial charge on any atom is 0.422 e. The quantitative estimate of drug-likeness (QED) is 0.458. The Bertz CT molecular complexity index is 1550.